The predicted molar refractivity (Wildman–Crippen MR) is 97.8 cm³/mol. The molecule has 0 unspecified atom stereocenters. The number of hydrogen-bond acceptors (Lipinski definition) is 6. The number of ether oxygens (including phenoxy) is 1. The Bertz CT molecular complexity index is 1210. The van der Waals surface area contributed by atoms with E-state index >= 15 is 0 Å². The van der Waals surface area contributed by atoms with Crippen LogP contribution in [0.5, 0.6) is 5.75 Å². The molecule has 0 aliphatic carbocycles. The summed E-state index contributed by atoms with van der Waals surface area (Å²) in [7, 11) is 1.53. The summed E-state index contributed by atoms with van der Waals surface area (Å²) in [6.45, 7) is 0. The fourth-order valence-corrected chi connectivity index (χ4v) is 2.78. The second-order valence-electron chi connectivity index (χ2n) is 5.67. The molecule has 0 aliphatic heterocycles. The first-order valence-corrected chi connectivity index (χ1v) is 7.96. The van der Waals surface area contributed by atoms with E-state index in [1.807, 2.05) is 0 Å². The fourth-order valence-electron chi connectivity index (χ4n) is 2.78. The molecule has 3 heterocycles. The van der Waals surface area contributed by atoms with Crippen molar-refractivity contribution in [1.82, 2.24) is 24.5 Å². The van der Waals surface area contributed by atoms with Crippen molar-refractivity contribution in [3.05, 3.63) is 65.0 Å². The van der Waals surface area contributed by atoms with Crippen LogP contribution in [0.3, 0.4) is 0 Å². The van der Waals surface area contributed by atoms with E-state index in [4.69, 9.17) is 10.5 Å². The van der Waals surface area contributed by atoms with Crippen LogP contribution in [0.4, 0.5) is 0 Å². The number of nitrogens with one attached hydrogen (secondary N) is 1. The van der Waals surface area contributed by atoms with Crippen LogP contribution in [0, 0.1) is 0 Å². The predicted octanol–water partition coefficient (Wildman–Crippen LogP) is 1.28. The average molecular weight is 362 g/mol. The van der Waals surface area contributed by atoms with Crippen molar-refractivity contribution in [3.8, 4) is 22.8 Å². The minimum absolute atomic E-state index is 0.0717. The van der Waals surface area contributed by atoms with Crippen LogP contribution in [0.1, 0.15) is 10.5 Å². The largest absolute Gasteiger partial charge is 0.497 e. The van der Waals surface area contributed by atoms with Crippen LogP contribution < -0.4 is 16.2 Å². The zero-order valence-corrected chi connectivity index (χ0v) is 14.2. The Morgan fingerprint density at radius 2 is 2.07 bits per heavy atom. The van der Waals surface area contributed by atoms with Crippen LogP contribution in [-0.4, -0.2) is 37.5 Å². The quantitative estimate of drug-likeness (QED) is 0.563. The highest BCUT2D eigenvalue weighted by Crippen LogP contribution is 2.23. The lowest BCUT2D eigenvalue weighted by molar-refractivity contribution is 0.0997. The van der Waals surface area contributed by atoms with Crippen LogP contribution in [0.15, 0.2) is 53.6 Å². The number of nitrogens with zero attached hydrogens (tertiary/aromatic N) is 4. The molecule has 134 valence electrons. The van der Waals surface area contributed by atoms with Gasteiger partial charge in [0.05, 0.1) is 12.8 Å². The second kappa shape index (κ2) is 6.37. The Balaban J connectivity index is 2.06. The van der Waals surface area contributed by atoms with Gasteiger partial charge in [-0.05, 0) is 24.3 Å². The van der Waals surface area contributed by atoms with E-state index in [0.29, 0.717) is 17.0 Å². The van der Waals surface area contributed by atoms with Crippen molar-refractivity contribution in [3.63, 3.8) is 0 Å². The van der Waals surface area contributed by atoms with Crippen LogP contribution in [0.25, 0.3) is 28.2 Å². The second-order valence-corrected chi connectivity index (χ2v) is 5.67. The SMILES string of the molecule is COc1cccc(-n2c(=O)[nH]c3c(C(N)=O)nc(-c4cccnc4)nc32)c1. The Hall–Kier alpha value is -4.01. The van der Waals surface area contributed by atoms with Crippen molar-refractivity contribution in [2.75, 3.05) is 7.11 Å². The molecule has 1 amide bonds. The van der Waals surface area contributed by atoms with E-state index < -0.39 is 11.6 Å². The molecule has 9 heteroatoms. The Morgan fingerprint density at radius 1 is 1.22 bits per heavy atom. The van der Waals surface area contributed by atoms with Gasteiger partial charge in [-0.2, -0.15) is 0 Å². The zero-order valence-electron chi connectivity index (χ0n) is 14.2. The molecule has 0 bridgehead atoms. The van der Waals surface area contributed by atoms with E-state index in [0.717, 1.165) is 0 Å². The summed E-state index contributed by atoms with van der Waals surface area (Å²) in [6.07, 6.45) is 3.17. The molecule has 3 aromatic heterocycles. The van der Waals surface area contributed by atoms with Crippen molar-refractivity contribution in [2.45, 2.75) is 0 Å². The monoisotopic (exact) mass is 362 g/mol. The highest BCUT2D eigenvalue weighted by atomic mass is 16.5. The van der Waals surface area contributed by atoms with E-state index in [9.17, 15) is 9.59 Å². The van der Waals surface area contributed by atoms with Gasteiger partial charge in [0.1, 0.15) is 11.3 Å². The number of amides is 1. The Kier molecular flexibility index (Phi) is 3.88. The van der Waals surface area contributed by atoms with Crippen LogP contribution in [-0.2, 0) is 0 Å². The van der Waals surface area contributed by atoms with Gasteiger partial charge in [-0.1, -0.05) is 6.07 Å². The smallest absolute Gasteiger partial charge is 0.332 e. The van der Waals surface area contributed by atoms with Crippen molar-refractivity contribution in [2.24, 2.45) is 5.73 Å². The lowest BCUT2D eigenvalue weighted by Gasteiger charge is -2.07. The molecular weight excluding hydrogens is 348 g/mol. The number of carbonyl (C=O) groups is 1. The maximum atomic E-state index is 12.6. The van der Waals surface area contributed by atoms with Gasteiger partial charge in [-0.3, -0.25) is 9.78 Å². The number of imidazole rings is 1. The summed E-state index contributed by atoms with van der Waals surface area (Å²) >= 11 is 0. The van der Waals surface area contributed by atoms with Crippen molar-refractivity contribution < 1.29 is 9.53 Å². The first kappa shape index (κ1) is 16.5. The van der Waals surface area contributed by atoms with E-state index in [1.165, 1.54) is 11.7 Å². The number of carbonyl (C=O) groups excluding carboxylic acids is 1. The third kappa shape index (κ3) is 2.80. The third-order valence-electron chi connectivity index (χ3n) is 4.00. The van der Waals surface area contributed by atoms with E-state index in [1.54, 1.807) is 48.8 Å². The van der Waals surface area contributed by atoms with Crippen LogP contribution in [0.2, 0.25) is 0 Å². The molecule has 27 heavy (non-hydrogen) atoms. The number of aromatic nitrogens is 5. The average Bonchev–Trinajstić information content (AvgIpc) is 3.03. The zero-order chi connectivity index (χ0) is 19.0. The standard InChI is InChI=1S/C18H14N6O3/c1-27-12-6-2-5-11(8-12)24-17-14(22-18(24)26)13(15(19)25)21-16(23-17)10-4-3-7-20-9-10/h2-9H,1H3,(H2,19,25)(H,22,26). The molecule has 0 fully saturated rings. The topological polar surface area (TPSA) is 129 Å². The summed E-state index contributed by atoms with van der Waals surface area (Å²) in [4.78, 5) is 39.9. The third-order valence-corrected chi connectivity index (χ3v) is 4.00. The van der Waals surface area contributed by atoms with Gasteiger partial charge in [-0.15, -0.1) is 0 Å². The number of pyridine rings is 1. The van der Waals surface area contributed by atoms with Crippen molar-refractivity contribution in [1.29, 1.82) is 0 Å². The molecule has 0 saturated heterocycles. The summed E-state index contributed by atoms with van der Waals surface area (Å²) in [5.41, 5.74) is 6.45. The maximum Gasteiger partial charge on any atom is 0.332 e. The van der Waals surface area contributed by atoms with Gasteiger partial charge < -0.3 is 15.5 Å². The Morgan fingerprint density at radius 3 is 2.78 bits per heavy atom. The molecular formula is C18H14N6O3. The number of benzene rings is 1. The lowest BCUT2D eigenvalue weighted by Crippen LogP contribution is -2.15. The number of aromatic amines is 1. The molecule has 3 N–H and O–H groups in total. The van der Waals surface area contributed by atoms with Gasteiger partial charge in [0.2, 0.25) is 0 Å². The fraction of sp³-hybridized carbons (Fsp3) is 0.0556. The van der Waals surface area contributed by atoms with Crippen LogP contribution >= 0.6 is 0 Å². The number of H-pyrrole nitrogens is 1. The number of hydrogen-bond donors (Lipinski definition) is 2. The minimum atomic E-state index is -0.772. The number of methoxy groups -OCH3 is 1. The number of fused-ring (bicyclic) bond motifs is 1. The summed E-state index contributed by atoms with van der Waals surface area (Å²) in [5.74, 6) is 0.0389. The molecule has 9 nitrogen and oxygen atoms in total. The molecule has 1 aromatic carbocycles. The molecule has 4 rings (SSSR count). The van der Waals surface area contributed by atoms with Gasteiger partial charge in [0.25, 0.3) is 5.91 Å². The molecule has 0 radical (unpaired) electrons. The van der Waals surface area contributed by atoms with Gasteiger partial charge in [-0.25, -0.2) is 19.3 Å². The first-order valence-electron chi connectivity index (χ1n) is 7.96. The van der Waals surface area contributed by atoms with E-state index in [-0.39, 0.29) is 22.7 Å². The normalized spacial score (nSPS) is 10.9. The number of nitrogens with two attached hydrogens (primary N) is 1. The number of rotatable bonds is 4. The Labute approximate surface area is 152 Å². The molecule has 0 atom stereocenters. The molecule has 4 aromatic rings. The molecule has 0 spiro atoms. The minimum Gasteiger partial charge on any atom is -0.497 e. The van der Waals surface area contributed by atoms with Gasteiger partial charge in [0, 0.05) is 24.0 Å². The highest BCUT2D eigenvalue weighted by molar-refractivity contribution is 6.02. The van der Waals surface area contributed by atoms with Crippen molar-refractivity contribution >= 4 is 17.1 Å². The summed E-state index contributed by atoms with van der Waals surface area (Å²) in [5, 5.41) is 0. The summed E-state index contributed by atoms with van der Waals surface area (Å²) in [6, 6.07) is 10.4. The van der Waals surface area contributed by atoms with Gasteiger partial charge in [0.15, 0.2) is 17.2 Å². The first-order chi connectivity index (χ1) is 13.1. The van der Waals surface area contributed by atoms with E-state index in [2.05, 4.69) is 19.9 Å². The summed E-state index contributed by atoms with van der Waals surface area (Å²) < 4.78 is 6.56. The van der Waals surface area contributed by atoms with Gasteiger partial charge >= 0.3 is 5.69 Å². The highest BCUT2D eigenvalue weighted by Gasteiger charge is 2.20. The lowest BCUT2D eigenvalue weighted by atomic mass is 10.2. The number of primary amides is 1. The maximum absolute atomic E-state index is 12.6. The molecule has 0 aliphatic rings. The molecule has 0 saturated carbocycles.